The zero-order valence-corrected chi connectivity index (χ0v) is 20.9. The van der Waals surface area contributed by atoms with Crippen LogP contribution in [-0.2, 0) is 16.6 Å². The van der Waals surface area contributed by atoms with E-state index in [9.17, 15) is 13.2 Å². The van der Waals surface area contributed by atoms with Gasteiger partial charge in [-0.25, -0.2) is 8.42 Å². The minimum atomic E-state index is -3.49. The number of halogens is 1. The lowest BCUT2D eigenvalue weighted by Crippen LogP contribution is -2.48. The lowest BCUT2D eigenvalue weighted by atomic mass is 10.1. The lowest BCUT2D eigenvalue weighted by Gasteiger charge is -2.36. The van der Waals surface area contributed by atoms with Crippen LogP contribution in [0.1, 0.15) is 21.5 Å². The van der Waals surface area contributed by atoms with E-state index in [1.165, 1.54) is 10.6 Å². The van der Waals surface area contributed by atoms with Crippen LogP contribution in [0, 0.1) is 6.92 Å². The fraction of sp³-hybridized carbons (Fsp3) is 0.269. The number of amides is 1. The summed E-state index contributed by atoms with van der Waals surface area (Å²) in [6.07, 6.45) is 1.19. The van der Waals surface area contributed by atoms with E-state index in [-0.39, 0.29) is 12.5 Å². The highest BCUT2D eigenvalue weighted by Gasteiger charge is 2.23. The highest BCUT2D eigenvalue weighted by Crippen LogP contribution is 2.24. The first-order chi connectivity index (χ1) is 16.2. The van der Waals surface area contributed by atoms with Crippen molar-refractivity contribution in [3.05, 3.63) is 94.5 Å². The number of carbonyl (C=O) groups is 1. The third-order valence-electron chi connectivity index (χ3n) is 5.99. The number of piperazine rings is 1. The van der Waals surface area contributed by atoms with Crippen molar-refractivity contribution in [3.63, 3.8) is 0 Å². The van der Waals surface area contributed by atoms with Crippen molar-refractivity contribution in [2.45, 2.75) is 13.5 Å². The Hall–Kier alpha value is -3.03. The van der Waals surface area contributed by atoms with E-state index in [4.69, 9.17) is 11.6 Å². The summed E-state index contributed by atoms with van der Waals surface area (Å²) in [4.78, 5) is 17.1. The van der Waals surface area contributed by atoms with Gasteiger partial charge in [0.2, 0.25) is 10.0 Å². The van der Waals surface area contributed by atoms with Crippen molar-refractivity contribution in [1.82, 2.24) is 4.90 Å². The quantitative estimate of drug-likeness (QED) is 0.500. The molecule has 3 aromatic carbocycles. The normalized spacial score (nSPS) is 14.2. The Morgan fingerprint density at radius 2 is 1.59 bits per heavy atom. The maximum absolute atomic E-state index is 13.1. The zero-order chi connectivity index (χ0) is 24.3. The van der Waals surface area contributed by atoms with Crippen LogP contribution in [0.5, 0.6) is 0 Å². The van der Waals surface area contributed by atoms with Crippen molar-refractivity contribution < 1.29 is 13.2 Å². The Bertz CT molecular complexity index is 1250. The van der Waals surface area contributed by atoms with Crippen LogP contribution in [0.3, 0.4) is 0 Å². The molecule has 0 N–H and O–H groups in total. The fourth-order valence-electron chi connectivity index (χ4n) is 4.05. The summed E-state index contributed by atoms with van der Waals surface area (Å²) in [5, 5.41) is 0.696. The summed E-state index contributed by atoms with van der Waals surface area (Å²) < 4.78 is 26.3. The second-order valence-corrected chi connectivity index (χ2v) is 10.9. The van der Waals surface area contributed by atoms with Gasteiger partial charge in [-0.15, -0.1) is 0 Å². The van der Waals surface area contributed by atoms with E-state index >= 15 is 0 Å². The predicted molar refractivity (Wildman–Crippen MR) is 138 cm³/mol. The standard InChI is InChI=1S/C26H28ClN3O3S/c1-20-6-8-21(9-7-20)19-30(34(2,32)33)24-12-10-22(11-13-24)26(31)29-16-14-28(15-17-29)25-5-3-4-23(27)18-25/h3-13,18H,14-17,19H2,1-2H3. The second-order valence-electron chi connectivity index (χ2n) is 8.56. The molecule has 34 heavy (non-hydrogen) atoms. The Balaban J connectivity index is 1.43. The highest BCUT2D eigenvalue weighted by molar-refractivity contribution is 7.92. The number of benzene rings is 3. The molecule has 4 rings (SSSR count). The molecule has 0 aliphatic carbocycles. The smallest absolute Gasteiger partial charge is 0.253 e. The van der Waals surface area contributed by atoms with Crippen LogP contribution in [0.15, 0.2) is 72.8 Å². The number of nitrogens with zero attached hydrogens (tertiary/aromatic N) is 3. The molecule has 0 aromatic heterocycles. The summed E-state index contributed by atoms with van der Waals surface area (Å²) in [6.45, 7) is 4.89. The Morgan fingerprint density at radius 3 is 2.18 bits per heavy atom. The molecule has 0 unspecified atom stereocenters. The summed E-state index contributed by atoms with van der Waals surface area (Å²) in [7, 11) is -3.49. The Kier molecular flexibility index (Phi) is 7.14. The van der Waals surface area contributed by atoms with Gasteiger partial charge in [-0.2, -0.15) is 0 Å². The van der Waals surface area contributed by atoms with Crippen LogP contribution >= 0.6 is 11.6 Å². The van der Waals surface area contributed by atoms with Crippen molar-refractivity contribution in [2.24, 2.45) is 0 Å². The third kappa shape index (κ3) is 5.72. The molecule has 0 bridgehead atoms. The first-order valence-electron chi connectivity index (χ1n) is 11.1. The van der Waals surface area contributed by atoms with Crippen LogP contribution in [0.25, 0.3) is 0 Å². The van der Waals surface area contributed by atoms with E-state index in [1.807, 2.05) is 60.4 Å². The number of sulfonamides is 1. The largest absolute Gasteiger partial charge is 0.368 e. The first kappa shape index (κ1) is 24.1. The maximum Gasteiger partial charge on any atom is 0.253 e. The SMILES string of the molecule is Cc1ccc(CN(c2ccc(C(=O)N3CCN(c4cccc(Cl)c4)CC3)cc2)S(C)(=O)=O)cc1. The number of hydrogen-bond acceptors (Lipinski definition) is 4. The van der Waals surface area contributed by atoms with Crippen LogP contribution in [0.2, 0.25) is 5.02 Å². The van der Waals surface area contributed by atoms with E-state index in [0.29, 0.717) is 29.4 Å². The molecule has 0 radical (unpaired) electrons. The topological polar surface area (TPSA) is 60.9 Å². The van der Waals surface area contributed by atoms with Crippen LogP contribution in [0.4, 0.5) is 11.4 Å². The molecule has 178 valence electrons. The van der Waals surface area contributed by atoms with Gasteiger partial charge in [-0.05, 0) is 55.0 Å². The van der Waals surface area contributed by atoms with Gasteiger partial charge in [0.15, 0.2) is 0 Å². The number of rotatable bonds is 6. The lowest BCUT2D eigenvalue weighted by molar-refractivity contribution is 0.0747. The molecule has 0 spiro atoms. The monoisotopic (exact) mass is 497 g/mol. The molecule has 1 aliphatic heterocycles. The predicted octanol–water partition coefficient (Wildman–Crippen LogP) is 4.58. The van der Waals surface area contributed by atoms with Crippen LogP contribution in [-0.4, -0.2) is 51.7 Å². The molecule has 0 atom stereocenters. The molecule has 1 aliphatic rings. The number of carbonyl (C=O) groups excluding carboxylic acids is 1. The van der Waals surface area contributed by atoms with Crippen molar-refractivity contribution in [2.75, 3.05) is 41.6 Å². The van der Waals surface area contributed by atoms with Gasteiger partial charge in [0.05, 0.1) is 18.5 Å². The van der Waals surface area contributed by atoms with Gasteiger partial charge >= 0.3 is 0 Å². The van der Waals surface area contributed by atoms with Crippen molar-refractivity contribution in [1.29, 1.82) is 0 Å². The molecule has 6 nitrogen and oxygen atoms in total. The van der Waals surface area contributed by atoms with E-state index < -0.39 is 10.0 Å². The van der Waals surface area contributed by atoms with E-state index in [0.717, 1.165) is 29.9 Å². The van der Waals surface area contributed by atoms with Gasteiger partial charge in [0, 0.05) is 42.5 Å². The molecule has 3 aromatic rings. The number of hydrogen-bond donors (Lipinski definition) is 0. The van der Waals surface area contributed by atoms with E-state index in [1.54, 1.807) is 24.3 Å². The Morgan fingerprint density at radius 1 is 0.941 bits per heavy atom. The average molecular weight is 498 g/mol. The average Bonchev–Trinajstić information content (AvgIpc) is 2.83. The van der Waals surface area contributed by atoms with Gasteiger partial charge in [0.25, 0.3) is 5.91 Å². The second kappa shape index (κ2) is 10.1. The third-order valence-corrected chi connectivity index (χ3v) is 7.37. The van der Waals surface area contributed by atoms with Crippen molar-refractivity contribution in [3.8, 4) is 0 Å². The molecular weight excluding hydrogens is 470 g/mol. The first-order valence-corrected chi connectivity index (χ1v) is 13.4. The maximum atomic E-state index is 13.1. The Labute approximate surface area is 206 Å². The minimum Gasteiger partial charge on any atom is -0.368 e. The number of aryl methyl sites for hydroxylation is 1. The molecule has 1 fully saturated rings. The summed E-state index contributed by atoms with van der Waals surface area (Å²) >= 11 is 6.11. The molecule has 1 saturated heterocycles. The molecule has 8 heteroatoms. The minimum absolute atomic E-state index is 0.0539. The number of anilines is 2. The summed E-state index contributed by atoms with van der Waals surface area (Å²) in [5.41, 5.74) is 4.15. The van der Waals surface area contributed by atoms with Gasteiger partial charge in [0.1, 0.15) is 0 Å². The van der Waals surface area contributed by atoms with Crippen molar-refractivity contribution >= 4 is 38.9 Å². The fourth-order valence-corrected chi connectivity index (χ4v) is 5.13. The molecular formula is C26H28ClN3O3S. The van der Waals surface area contributed by atoms with Gasteiger partial charge in [-0.3, -0.25) is 9.10 Å². The molecule has 1 amide bonds. The molecule has 1 heterocycles. The molecule has 0 saturated carbocycles. The van der Waals surface area contributed by atoms with Gasteiger partial charge in [-0.1, -0.05) is 47.5 Å². The van der Waals surface area contributed by atoms with Gasteiger partial charge < -0.3 is 9.80 Å². The summed E-state index contributed by atoms with van der Waals surface area (Å²) in [6, 6.07) is 22.3. The van der Waals surface area contributed by atoms with Crippen LogP contribution < -0.4 is 9.21 Å². The summed E-state index contributed by atoms with van der Waals surface area (Å²) in [5.74, 6) is -0.0539. The zero-order valence-electron chi connectivity index (χ0n) is 19.3. The highest BCUT2D eigenvalue weighted by atomic mass is 35.5. The van der Waals surface area contributed by atoms with E-state index in [2.05, 4.69) is 4.90 Å².